The predicted octanol–water partition coefficient (Wildman–Crippen LogP) is 2.91. The van der Waals surface area contributed by atoms with Gasteiger partial charge >= 0.3 is 0 Å². The monoisotopic (exact) mass is 225 g/mol. The molecule has 15 heavy (non-hydrogen) atoms. The molecule has 1 amide bonds. The highest BCUT2D eigenvalue weighted by Crippen LogP contribution is 2.13. The molecule has 0 aliphatic heterocycles. The fourth-order valence-corrected chi connectivity index (χ4v) is 1.76. The minimum Gasteiger partial charge on any atom is -0.339 e. The van der Waals surface area contributed by atoms with Crippen LogP contribution in [0.5, 0.6) is 0 Å². The summed E-state index contributed by atoms with van der Waals surface area (Å²) in [5.74, 6) is 0.444. The molecule has 1 rings (SSSR count). The lowest BCUT2D eigenvalue weighted by Crippen LogP contribution is -2.31. The molecule has 0 spiro atoms. The number of nitrogens with zero attached hydrogens (tertiary/aromatic N) is 1. The van der Waals surface area contributed by atoms with Gasteiger partial charge in [0.1, 0.15) is 0 Å². The van der Waals surface area contributed by atoms with Crippen LogP contribution >= 0.6 is 11.6 Å². The summed E-state index contributed by atoms with van der Waals surface area (Å²) in [5.41, 5.74) is 1.62. The lowest BCUT2D eigenvalue weighted by molar-refractivity contribution is 0.0772. The van der Waals surface area contributed by atoms with Crippen molar-refractivity contribution in [2.24, 2.45) is 0 Å². The van der Waals surface area contributed by atoms with Crippen LogP contribution in [0, 0.1) is 0 Å². The van der Waals surface area contributed by atoms with Crippen LogP contribution < -0.4 is 0 Å². The number of carbonyl (C=O) groups is 1. The Morgan fingerprint density at radius 3 is 2.40 bits per heavy atom. The van der Waals surface area contributed by atoms with Gasteiger partial charge in [0.2, 0.25) is 0 Å². The maximum atomic E-state index is 12.1. The molecule has 1 aromatic rings. The summed E-state index contributed by atoms with van der Waals surface area (Å²) < 4.78 is 0. The molecule has 0 heterocycles. The molecule has 0 aliphatic rings. The Kier molecular flexibility index (Phi) is 4.63. The molecule has 3 heteroatoms. The Labute approximate surface area is 95.8 Å². The maximum Gasteiger partial charge on any atom is 0.254 e. The summed E-state index contributed by atoms with van der Waals surface area (Å²) in [6, 6.07) is 7.49. The van der Waals surface area contributed by atoms with E-state index in [-0.39, 0.29) is 5.91 Å². The van der Waals surface area contributed by atoms with Crippen LogP contribution in [0.2, 0.25) is 0 Å². The summed E-state index contributed by atoms with van der Waals surface area (Å²) in [7, 11) is 0. The van der Waals surface area contributed by atoms with E-state index in [1.807, 2.05) is 38.1 Å². The van der Waals surface area contributed by atoms with Gasteiger partial charge in [0.25, 0.3) is 5.91 Å². The average Bonchev–Trinajstić information content (AvgIpc) is 2.30. The second-order valence-electron chi connectivity index (χ2n) is 3.27. The highest BCUT2D eigenvalue weighted by molar-refractivity contribution is 6.17. The van der Waals surface area contributed by atoms with Gasteiger partial charge in [-0.15, -0.1) is 11.6 Å². The molecular weight excluding hydrogens is 210 g/mol. The number of alkyl halides is 1. The summed E-state index contributed by atoms with van der Waals surface area (Å²) in [4.78, 5) is 13.9. The van der Waals surface area contributed by atoms with Gasteiger partial charge in [-0.05, 0) is 25.5 Å². The predicted molar refractivity (Wildman–Crippen MR) is 63.3 cm³/mol. The zero-order valence-corrected chi connectivity index (χ0v) is 9.92. The first-order chi connectivity index (χ1) is 7.24. The van der Waals surface area contributed by atoms with Crippen molar-refractivity contribution in [2.45, 2.75) is 19.7 Å². The van der Waals surface area contributed by atoms with Crippen molar-refractivity contribution in [1.29, 1.82) is 0 Å². The second-order valence-corrected chi connectivity index (χ2v) is 3.54. The first-order valence-corrected chi connectivity index (χ1v) is 5.71. The zero-order chi connectivity index (χ0) is 11.3. The van der Waals surface area contributed by atoms with Crippen molar-refractivity contribution in [1.82, 2.24) is 4.90 Å². The lowest BCUT2D eigenvalue weighted by Gasteiger charge is -2.19. The number of carbonyl (C=O) groups excluding carboxylic acids is 1. The van der Waals surface area contributed by atoms with E-state index in [9.17, 15) is 4.79 Å². The van der Waals surface area contributed by atoms with E-state index in [1.54, 1.807) is 4.90 Å². The number of benzene rings is 1. The van der Waals surface area contributed by atoms with E-state index in [0.29, 0.717) is 5.88 Å². The van der Waals surface area contributed by atoms with Crippen LogP contribution in [0.4, 0.5) is 0 Å². The van der Waals surface area contributed by atoms with E-state index >= 15 is 0 Å². The molecule has 0 unspecified atom stereocenters. The molecular formula is C12H16ClNO. The number of amides is 1. The normalized spacial score (nSPS) is 10.1. The molecule has 1 aromatic carbocycles. The summed E-state index contributed by atoms with van der Waals surface area (Å²) in [6.45, 7) is 5.41. The summed E-state index contributed by atoms with van der Waals surface area (Å²) in [6.07, 6.45) is 0. The van der Waals surface area contributed by atoms with E-state index in [1.165, 1.54) is 0 Å². The van der Waals surface area contributed by atoms with Crippen molar-refractivity contribution in [3.05, 3.63) is 35.4 Å². The molecule has 0 aromatic heterocycles. The lowest BCUT2D eigenvalue weighted by atomic mass is 10.1. The first-order valence-electron chi connectivity index (χ1n) is 5.17. The fraction of sp³-hybridized carbons (Fsp3) is 0.417. The Hall–Kier alpha value is -1.02. The Balaban J connectivity index is 2.99. The molecule has 0 N–H and O–H groups in total. The zero-order valence-electron chi connectivity index (χ0n) is 9.16. The highest BCUT2D eigenvalue weighted by Gasteiger charge is 2.14. The fourth-order valence-electron chi connectivity index (χ4n) is 1.53. The van der Waals surface area contributed by atoms with Crippen LogP contribution in [-0.2, 0) is 5.88 Å². The molecule has 0 fully saturated rings. The van der Waals surface area contributed by atoms with Crippen molar-refractivity contribution >= 4 is 17.5 Å². The third-order valence-corrected chi connectivity index (χ3v) is 2.73. The van der Waals surface area contributed by atoms with E-state index < -0.39 is 0 Å². The summed E-state index contributed by atoms with van der Waals surface area (Å²) in [5, 5.41) is 0. The van der Waals surface area contributed by atoms with E-state index in [2.05, 4.69) is 0 Å². The number of rotatable bonds is 4. The molecule has 82 valence electrons. The number of hydrogen-bond donors (Lipinski definition) is 0. The Morgan fingerprint density at radius 1 is 1.27 bits per heavy atom. The Bertz CT molecular complexity index is 334. The number of hydrogen-bond acceptors (Lipinski definition) is 1. The van der Waals surface area contributed by atoms with Crippen LogP contribution in [0.15, 0.2) is 24.3 Å². The first kappa shape index (κ1) is 12.1. The molecule has 0 radical (unpaired) electrons. The van der Waals surface area contributed by atoms with Crippen molar-refractivity contribution in [3.8, 4) is 0 Å². The minimum absolute atomic E-state index is 0.0660. The van der Waals surface area contributed by atoms with Crippen molar-refractivity contribution in [2.75, 3.05) is 13.1 Å². The Morgan fingerprint density at radius 2 is 1.87 bits per heavy atom. The SMILES string of the molecule is CCN(CC)C(=O)c1ccccc1CCl. The van der Waals surface area contributed by atoms with Crippen LogP contribution in [0.1, 0.15) is 29.8 Å². The molecule has 0 bridgehead atoms. The highest BCUT2D eigenvalue weighted by atomic mass is 35.5. The average molecular weight is 226 g/mol. The quantitative estimate of drug-likeness (QED) is 0.722. The van der Waals surface area contributed by atoms with Crippen LogP contribution in [-0.4, -0.2) is 23.9 Å². The minimum atomic E-state index is 0.0660. The van der Waals surface area contributed by atoms with Gasteiger partial charge in [0.05, 0.1) is 0 Å². The smallest absolute Gasteiger partial charge is 0.254 e. The van der Waals surface area contributed by atoms with Gasteiger partial charge in [0, 0.05) is 24.5 Å². The van der Waals surface area contributed by atoms with Gasteiger partial charge in [-0.3, -0.25) is 4.79 Å². The summed E-state index contributed by atoms with van der Waals surface area (Å²) >= 11 is 5.80. The van der Waals surface area contributed by atoms with Gasteiger partial charge in [-0.2, -0.15) is 0 Å². The van der Waals surface area contributed by atoms with Gasteiger partial charge in [0.15, 0.2) is 0 Å². The largest absolute Gasteiger partial charge is 0.339 e. The van der Waals surface area contributed by atoms with E-state index in [0.717, 1.165) is 24.2 Å². The van der Waals surface area contributed by atoms with Crippen LogP contribution in [0.25, 0.3) is 0 Å². The second kappa shape index (κ2) is 5.76. The molecule has 0 aliphatic carbocycles. The molecule has 0 saturated carbocycles. The third-order valence-electron chi connectivity index (χ3n) is 2.44. The third kappa shape index (κ3) is 2.72. The van der Waals surface area contributed by atoms with Crippen molar-refractivity contribution < 1.29 is 4.79 Å². The standard InChI is InChI=1S/C12H16ClNO/c1-3-14(4-2)12(15)11-8-6-5-7-10(11)9-13/h5-8H,3-4,9H2,1-2H3. The number of halogens is 1. The molecule has 2 nitrogen and oxygen atoms in total. The molecule has 0 saturated heterocycles. The van der Waals surface area contributed by atoms with Gasteiger partial charge in [-0.25, -0.2) is 0 Å². The van der Waals surface area contributed by atoms with Crippen molar-refractivity contribution in [3.63, 3.8) is 0 Å². The van der Waals surface area contributed by atoms with Crippen LogP contribution in [0.3, 0.4) is 0 Å². The van der Waals surface area contributed by atoms with Gasteiger partial charge < -0.3 is 4.90 Å². The topological polar surface area (TPSA) is 20.3 Å². The van der Waals surface area contributed by atoms with E-state index in [4.69, 9.17) is 11.6 Å². The maximum absolute atomic E-state index is 12.1. The van der Waals surface area contributed by atoms with Gasteiger partial charge in [-0.1, -0.05) is 18.2 Å². The molecule has 0 atom stereocenters.